The van der Waals surface area contributed by atoms with Gasteiger partial charge in [-0.25, -0.2) is 0 Å². The van der Waals surface area contributed by atoms with E-state index in [0.717, 1.165) is 32.9 Å². The minimum Gasteiger partial charge on any atom is -0.256 e. The van der Waals surface area contributed by atoms with Gasteiger partial charge in [-0.05, 0) is 80.2 Å². The van der Waals surface area contributed by atoms with Gasteiger partial charge in [0, 0.05) is 34.3 Å². The lowest BCUT2D eigenvalue weighted by atomic mass is 9.88. The highest BCUT2D eigenvalue weighted by atomic mass is 14.7. The molecule has 40 heavy (non-hydrogen) atoms. The van der Waals surface area contributed by atoms with Gasteiger partial charge in [-0.3, -0.25) is 9.97 Å². The van der Waals surface area contributed by atoms with Gasteiger partial charge in [0.05, 0.1) is 11.0 Å². The maximum Gasteiger partial charge on any atom is 0.0780 e. The standard InChI is InChI=1S/C38H24N2/c1-3-15-31-27(9-1)21-29(33-17-5-11-25-13-7-19-39-37(25)33)23-35(31)36-24-30(22-28-10-2-4-16-32(28)36)34-18-6-12-26-14-8-20-40-38(26)34/h1-24H. The summed E-state index contributed by atoms with van der Waals surface area (Å²) in [6.07, 6.45) is 3.76. The van der Waals surface area contributed by atoms with Gasteiger partial charge in [-0.1, -0.05) is 97.1 Å². The lowest BCUT2D eigenvalue weighted by Gasteiger charge is -2.16. The van der Waals surface area contributed by atoms with Crippen molar-refractivity contribution in [3.8, 4) is 33.4 Å². The molecule has 0 fully saturated rings. The van der Waals surface area contributed by atoms with Crippen LogP contribution in [-0.2, 0) is 0 Å². The Kier molecular flexibility index (Phi) is 5.17. The van der Waals surface area contributed by atoms with Crippen LogP contribution >= 0.6 is 0 Å². The fourth-order valence-electron chi connectivity index (χ4n) is 6.05. The Morgan fingerprint density at radius 2 is 0.750 bits per heavy atom. The predicted molar refractivity (Wildman–Crippen MR) is 168 cm³/mol. The van der Waals surface area contributed by atoms with E-state index < -0.39 is 0 Å². The van der Waals surface area contributed by atoms with Crippen LogP contribution in [0.2, 0.25) is 0 Å². The van der Waals surface area contributed by atoms with Gasteiger partial charge in [0.15, 0.2) is 0 Å². The molecule has 0 aliphatic rings. The Hall–Kier alpha value is -5.34. The number of aromatic nitrogens is 2. The smallest absolute Gasteiger partial charge is 0.0780 e. The molecule has 6 aromatic carbocycles. The number of para-hydroxylation sites is 2. The van der Waals surface area contributed by atoms with Crippen LogP contribution in [-0.4, -0.2) is 9.97 Å². The van der Waals surface area contributed by atoms with E-state index in [1.807, 2.05) is 24.5 Å². The summed E-state index contributed by atoms with van der Waals surface area (Å²) in [7, 11) is 0. The van der Waals surface area contributed by atoms with Crippen molar-refractivity contribution in [3.05, 3.63) is 146 Å². The fraction of sp³-hybridized carbons (Fsp3) is 0. The topological polar surface area (TPSA) is 25.8 Å². The van der Waals surface area contributed by atoms with Crippen LogP contribution in [0, 0.1) is 0 Å². The minimum absolute atomic E-state index is 1.02. The molecule has 0 atom stereocenters. The zero-order valence-corrected chi connectivity index (χ0v) is 21.8. The lowest BCUT2D eigenvalue weighted by molar-refractivity contribution is 1.41. The molecule has 8 aromatic rings. The van der Waals surface area contributed by atoms with Crippen LogP contribution < -0.4 is 0 Å². The van der Waals surface area contributed by atoms with E-state index in [9.17, 15) is 0 Å². The summed E-state index contributed by atoms with van der Waals surface area (Å²) in [4.78, 5) is 9.53. The van der Waals surface area contributed by atoms with Crippen molar-refractivity contribution >= 4 is 43.4 Å². The molecule has 0 amide bonds. The number of fused-ring (bicyclic) bond motifs is 4. The first kappa shape index (κ1) is 22.6. The second-order valence-electron chi connectivity index (χ2n) is 10.3. The van der Waals surface area contributed by atoms with Crippen LogP contribution in [0.5, 0.6) is 0 Å². The maximum atomic E-state index is 4.77. The molecule has 0 N–H and O–H groups in total. The molecule has 2 heteroatoms. The minimum atomic E-state index is 1.02. The third-order valence-corrected chi connectivity index (χ3v) is 7.90. The summed E-state index contributed by atoms with van der Waals surface area (Å²) in [6.45, 7) is 0. The third-order valence-electron chi connectivity index (χ3n) is 7.90. The zero-order chi connectivity index (χ0) is 26.5. The Morgan fingerprint density at radius 3 is 1.25 bits per heavy atom. The molecule has 8 rings (SSSR count). The van der Waals surface area contributed by atoms with Gasteiger partial charge in [0.25, 0.3) is 0 Å². The van der Waals surface area contributed by atoms with E-state index in [-0.39, 0.29) is 0 Å². The van der Waals surface area contributed by atoms with Gasteiger partial charge in [-0.15, -0.1) is 0 Å². The Labute approximate surface area is 232 Å². The first-order chi connectivity index (χ1) is 19.8. The number of pyridine rings is 2. The Balaban J connectivity index is 1.46. The lowest BCUT2D eigenvalue weighted by Crippen LogP contribution is -1.91. The second-order valence-corrected chi connectivity index (χ2v) is 10.3. The third kappa shape index (κ3) is 3.65. The van der Waals surface area contributed by atoms with Gasteiger partial charge in [0.2, 0.25) is 0 Å². The summed E-state index contributed by atoms with van der Waals surface area (Å²) in [6, 6.07) is 47.8. The predicted octanol–water partition coefficient (Wildman–Crippen LogP) is 10.1. The van der Waals surface area contributed by atoms with Crippen LogP contribution in [0.1, 0.15) is 0 Å². The molecule has 2 aromatic heterocycles. The first-order valence-electron chi connectivity index (χ1n) is 13.6. The largest absolute Gasteiger partial charge is 0.256 e. The Bertz CT molecular complexity index is 2060. The summed E-state index contributed by atoms with van der Waals surface area (Å²) < 4.78 is 0. The molecule has 0 spiro atoms. The Morgan fingerprint density at radius 1 is 0.325 bits per heavy atom. The highest BCUT2D eigenvalue weighted by Crippen LogP contribution is 2.41. The summed E-state index contributed by atoms with van der Waals surface area (Å²) in [5.74, 6) is 0. The van der Waals surface area contributed by atoms with Crippen molar-refractivity contribution < 1.29 is 0 Å². The van der Waals surface area contributed by atoms with Crippen molar-refractivity contribution in [2.75, 3.05) is 0 Å². The van der Waals surface area contributed by atoms with Crippen molar-refractivity contribution in [2.24, 2.45) is 0 Å². The van der Waals surface area contributed by atoms with E-state index in [1.165, 1.54) is 43.8 Å². The molecule has 0 aliphatic carbocycles. The molecule has 0 saturated heterocycles. The number of nitrogens with zero attached hydrogens (tertiary/aromatic N) is 2. The average molecular weight is 509 g/mol. The normalized spacial score (nSPS) is 11.5. The van der Waals surface area contributed by atoms with Crippen molar-refractivity contribution in [1.82, 2.24) is 9.97 Å². The van der Waals surface area contributed by atoms with Gasteiger partial charge < -0.3 is 0 Å². The number of benzene rings is 6. The quantitative estimate of drug-likeness (QED) is 0.237. The van der Waals surface area contributed by atoms with E-state index in [2.05, 4.69) is 121 Å². The highest BCUT2D eigenvalue weighted by Gasteiger charge is 2.15. The number of hydrogen-bond donors (Lipinski definition) is 0. The molecule has 0 saturated carbocycles. The van der Waals surface area contributed by atoms with E-state index in [4.69, 9.17) is 9.97 Å². The van der Waals surface area contributed by atoms with Gasteiger partial charge in [-0.2, -0.15) is 0 Å². The molecule has 0 bridgehead atoms. The second kappa shape index (κ2) is 9.14. The molecule has 0 aliphatic heterocycles. The van der Waals surface area contributed by atoms with Crippen molar-refractivity contribution in [3.63, 3.8) is 0 Å². The molecule has 0 radical (unpaired) electrons. The summed E-state index contributed by atoms with van der Waals surface area (Å²) >= 11 is 0. The SMILES string of the molecule is c1ccc2c(-c3cc(-c4cccc5cccnc45)cc4ccccc34)cc(-c3cccc4cccnc34)cc2c1. The molecule has 0 unspecified atom stereocenters. The molecule has 2 heterocycles. The van der Waals surface area contributed by atoms with Crippen molar-refractivity contribution in [2.45, 2.75) is 0 Å². The van der Waals surface area contributed by atoms with E-state index in [0.29, 0.717) is 0 Å². The molecule has 2 nitrogen and oxygen atoms in total. The molecule has 186 valence electrons. The maximum absolute atomic E-state index is 4.77. The van der Waals surface area contributed by atoms with Crippen molar-refractivity contribution in [1.29, 1.82) is 0 Å². The average Bonchev–Trinajstić information content (AvgIpc) is 3.03. The monoisotopic (exact) mass is 508 g/mol. The van der Waals surface area contributed by atoms with E-state index in [1.54, 1.807) is 0 Å². The first-order valence-corrected chi connectivity index (χ1v) is 13.6. The number of hydrogen-bond acceptors (Lipinski definition) is 2. The van der Waals surface area contributed by atoms with Gasteiger partial charge in [0.1, 0.15) is 0 Å². The zero-order valence-electron chi connectivity index (χ0n) is 21.8. The highest BCUT2D eigenvalue weighted by molar-refractivity contribution is 6.10. The van der Waals surface area contributed by atoms with Crippen LogP contribution in [0.25, 0.3) is 76.7 Å². The molecular weight excluding hydrogens is 484 g/mol. The van der Waals surface area contributed by atoms with Crippen LogP contribution in [0.15, 0.2) is 146 Å². The summed E-state index contributed by atoms with van der Waals surface area (Å²) in [5, 5.41) is 7.18. The van der Waals surface area contributed by atoms with Crippen LogP contribution in [0.3, 0.4) is 0 Å². The van der Waals surface area contributed by atoms with E-state index >= 15 is 0 Å². The summed E-state index contributed by atoms with van der Waals surface area (Å²) in [5.41, 5.74) is 9.09. The van der Waals surface area contributed by atoms with Crippen LogP contribution in [0.4, 0.5) is 0 Å². The fourth-order valence-corrected chi connectivity index (χ4v) is 6.05. The number of rotatable bonds is 3. The van der Waals surface area contributed by atoms with Gasteiger partial charge >= 0.3 is 0 Å². The molecular formula is C38H24N2.